The van der Waals surface area contributed by atoms with E-state index in [1.54, 1.807) is 0 Å². The van der Waals surface area contributed by atoms with Gasteiger partial charge in [0.05, 0.1) is 17.8 Å². The molecular weight excluding hydrogens is 386 g/mol. The zero-order valence-electron chi connectivity index (χ0n) is 19.9. The van der Waals surface area contributed by atoms with Gasteiger partial charge in [-0.2, -0.15) is 0 Å². The maximum Gasteiger partial charge on any atom is 0.0805 e. The highest BCUT2D eigenvalue weighted by Gasteiger charge is 2.64. The van der Waals surface area contributed by atoms with Gasteiger partial charge in [-0.3, -0.25) is 4.90 Å². The lowest BCUT2D eigenvalue weighted by Crippen LogP contribution is -2.67. The van der Waals surface area contributed by atoms with Crippen molar-refractivity contribution in [1.29, 1.82) is 0 Å². The highest BCUT2D eigenvalue weighted by molar-refractivity contribution is 5.14. The first kappa shape index (κ1) is 21.4. The first-order chi connectivity index (χ1) is 14.7. The minimum absolute atomic E-state index is 0.188. The second kappa shape index (κ2) is 7.17. The molecule has 6 aliphatic rings. The number of fused-ring (bicyclic) bond motifs is 8. The number of rotatable bonds is 0. The third kappa shape index (κ3) is 3.00. The van der Waals surface area contributed by atoms with Crippen LogP contribution in [0.5, 0.6) is 0 Å². The highest BCUT2D eigenvalue weighted by Crippen LogP contribution is 2.67. The molecule has 4 nitrogen and oxygen atoms in total. The van der Waals surface area contributed by atoms with E-state index in [1.165, 1.54) is 32.2 Å². The summed E-state index contributed by atoms with van der Waals surface area (Å²) in [6.07, 6.45) is 9.43. The molecule has 0 bridgehead atoms. The van der Waals surface area contributed by atoms with Crippen LogP contribution in [-0.4, -0.2) is 57.2 Å². The average molecular weight is 432 g/mol. The Hall–Kier alpha value is -0.160. The zero-order valence-corrected chi connectivity index (χ0v) is 19.9. The lowest BCUT2D eigenvalue weighted by Gasteiger charge is -2.60. The van der Waals surface area contributed by atoms with Gasteiger partial charge in [-0.25, -0.2) is 0 Å². The summed E-state index contributed by atoms with van der Waals surface area (Å²) in [5.41, 5.74) is -0.365. The molecule has 2 aliphatic heterocycles. The Balaban J connectivity index is 1.30. The highest BCUT2D eigenvalue weighted by atomic mass is 16.3. The lowest BCUT2D eigenvalue weighted by molar-refractivity contribution is -0.176. The third-order valence-corrected chi connectivity index (χ3v) is 12.0. The predicted octanol–water partition coefficient (Wildman–Crippen LogP) is 3.68. The Kier molecular flexibility index (Phi) is 4.94. The first-order valence-electron chi connectivity index (χ1n) is 13.5. The van der Waals surface area contributed by atoms with Crippen molar-refractivity contribution in [3.8, 4) is 0 Å². The van der Waals surface area contributed by atoms with Gasteiger partial charge in [0.2, 0.25) is 0 Å². The van der Waals surface area contributed by atoms with E-state index in [0.29, 0.717) is 35.6 Å². The van der Waals surface area contributed by atoms with Gasteiger partial charge in [-0.05, 0) is 117 Å². The number of hydrogen-bond donors (Lipinski definition) is 3. The second-order valence-electron chi connectivity index (χ2n) is 13.4. The second-order valence-corrected chi connectivity index (χ2v) is 13.4. The van der Waals surface area contributed by atoms with Crippen LogP contribution in [-0.2, 0) is 0 Å². The van der Waals surface area contributed by atoms with E-state index in [-0.39, 0.29) is 23.5 Å². The third-order valence-electron chi connectivity index (χ3n) is 12.0. The smallest absolute Gasteiger partial charge is 0.0805 e. The average Bonchev–Trinajstić information content (AvgIpc) is 3.09. The Morgan fingerprint density at radius 3 is 2.35 bits per heavy atom. The van der Waals surface area contributed by atoms with E-state index in [2.05, 4.69) is 25.7 Å². The molecule has 0 radical (unpaired) electrons. The van der Waals surface area contributed by atoms with Crippen LogP contribution in [0.3, 0.4) is 0 Å². The minimum atomic E-state index is -0.553. The fourth-order valence-electron chi connectivity index (χ4n) is 10.6. The summed E-state index contributed by atoms with van der Waals surface area (Å²) in [5.74, 6) is 4.89. The molecule has 0 unspecified atom stereocenters. The van der Waals surface area contributed by atoms with Gasteiger partial charge in [0, 0.05) is 19.1 Å². The number of hydrogen-bond acceptors (Lipinski definition) is 4. The van der Waals surface area contributed by atoms with E-state index in [0.717, 1.165) is 50.5 Å². The van der Waals surface area contributed by atoms with Crippen LogP contribution in [0.1, 0.15) is 78.6 Å². The summed E-state index contributed by atoms with van der Waals surface area (Å²) in [7, 11) is 0. The van der Waals surface area contributed by atoms with Gasteiger partial charge in [0.25, 0.3) is 0 Å². The van der Waals surface area contributed by atoms with Crippen molar-refractivity contribution in [2.45, 2.75) is 102 Å². The molecule has 4 aliphatic carbocycles. The van der Waals surface area contributed by atoms with Crippen LogP contribution < -0.4 is 0 Å². The molecule has 2 saturated heterocycles. The van der Waals surface area contributed by atoms with E-state index in [4.69, 9.17) is 0 Å². The maximum absolute atomic E-state index is 11.8. The molecule has 176 valence electrons. The van der Waals surface area contributed by atoms with Gasteiger partial charge in [-0.1, -0.05) is 13.8 Å². The molecule has 0 aromatic heterocycles. The van der Waals surface area contributed by atoms with E-state index >= 15 is 0 Å². The van der Waals surface area contributed by atoms with Gasteiger partial charge in [-0.15, -0.1) is 0 Å². The molecule has 4 saturated carbocycles. The van der Waals surface area contributed by atoms with E-state index in [9.17, 15) is 15.3 Å². The predicted molar refractivity (Wildman–Crippen MR) is 121 cm³/mol. The normalized spacial score (nSPS) is 61.5. The molecule has 0 aromatic rings. The number of piperidine rings is 2. The van der Waals surface area contributed by atoms with Crippen LogP contribution in [0.25, 0.3) is 0 Å². The molecule has 6 fully saturated rings. The summed E-state index contributed by atoms with van der Waals surface area (Å²) in [6, 6.07) is 0.355. The number of aliphatic hydroxyl groups is 3. The van der Waals surface area contributed by atoms with Crippen molar-refractivity contribution in [2.75, 3.05) is 13.1 Å². The summed E-state index contributed by atoms with van der Waals surface area (Å²) >= 11 is 0. The molecule has 0 spiro atoms. The summed E-state index contributed by atoms with van der Waals surface area (Å²) < 4.78 is 0. The van der Waals surface area contributed by atoms with Crippen LogP contribution >= 0.6 is 0 Å². The van der Waals surface area contributed by atoms with Crippen LogP contribution in [0.4, 0.5) is 0 Å². The molecular formula is C27H45NO3. The summed E-state index contributed by atoms with van der Waals surface area (Å²) in [5, 5.41) is 33.3. The van der Waals surface area contributed by atoms with Crippen molar-refractivity contribution in [1.82, 2.24) is 4.90 Å². The van der Waals surface area contributed by atoms with Crippen molar-refractivity contribution in [2.24, 2.45) is 52.8 Å². The van der Waals surface area contributed by atoms with Crippen molar-refractivity contribution in [3.05, 3.63) is 0 Å². The van der Waals surface area contributed by atoms with E-state index < -0.39 is 5.60 Å². The van der Waals surface area contributed by atoms with Crippen molar-refractivity contribution in [3.63, 3.8) is 0 Å². The number of nitrogens with zero attached hydrogens (tertiary/aromatic N) is 1. The molecule has 0 aromatic carbocycles. The maximum atomic E-state index is 11.8. The van der Waals surface area contributed by atoms with Crippen molar-refractivity contribution < 1.29 is 15.3 Å². The van der Waals surface area contributed by atoms with Crippen LogP contribution in [0.2, 0.25) is 0 Å². The molecule has 13 atom stereocenters. The van der Waals surface area contributed by atoms with Crippen LogP contribution in [0, 0.1) is 52.8 Å². The van der Waals surface area contributed by atoms with Gasteiger partial charge < -0.3 is 15.3 Å². The molecule has 4 heteroatoms. The van der Waals surface area contributed by atoms with Gasteiger partial charge in [0.15, 0.2) is 0 Å². The fraction of sp³-hybridized carbons (Fsp3) is 1.00. The number of aliphatic hydroxyl groups excluding tert-OH is 2. The molecule has 3 N–H and O–H groups in total. The Bertz CT molecular complexity index is 711. The molecule has 2 heterocycles. The molecule has 6 rings (SSSR count). The lowest BCUT2D eigenvalue weighted by atomic mass is 9.51. The fourth-order valence-corrected chi connectivity index (χ4v) is 10.6. The SMILES string of the molecule is C[C@@H]1CC[C@@H]2N(C1)C[C@H]1[C@@H]3C[C@@H]4[C@@H](C[C@H](O)[C@H]5C[C@@H](O)CC[C@]45C)[C@@H]3CC[C@@H]1[C@]2(C)O. The monoisotopic (exact) mass is 431 g/mol. The van der Waals surface area contributed by atoms with Crippen molar-refractivity contribution >= 4 is 0 Å². The van der Waals surface area contributed by atoms with Gasteiger partial charge >= 0.3 is 0 Å². The Morgan fingerprint density at radius 1 is 0.742 bits per heavy atom. The van der Waals surface area contributed by atoms with E-state index in [1.807, 2.05) is 0 Å². The largest absolute Gasteiger partial charge is 0.393 e. The van der Waals surface area contributed by atoms with Gasteiger partial charge in [0.1, 0.15) is 0 Å². The molecule has 31 heavy (non-hydrogen) atoms. The van der Waals surface area contributed by atoms with Crippen LogP contribution in [0.15, 0.2) is 0 Å². The molecule has 0 amide bonds. The zero-order chi connectivity index (χ0) is 21.7. The summed E-state index contributed by atoms with van der Waals surface area (Å²) in [4.78, 5) is 2.68. The minimum Gasteiger partial charge on any atom is -0.393 e. The Morgan fingerprint density at radius 2 is 1.55 bits per heavy atom. The standard InChI is InChI=1S/C27H45NO3/c1-15-4-7-25-27(3,31)21-6-5-17-18(20(21)14-28(25)13-15)11-22-19(17)12-24(30)23-10-16(29)8-9-26(22,23)2/h15-25,29-31H,4-14H2,1-3H3/t15-,16+,17-,18-,19+,20+,21+,22-,23-,24+,25+,26-,27+/m1/s1. The first-order valence-corrected chi connectivity index (χ1v) is 13.5. The summed E-state index contributed by atoms with van der Waals surface area (Å²) in [6.45, 7) is 9.36. The topological polar surface area (TPSA) is 63.9 Å². The quantitative estimate of drug-likeness (QED) is 0.547. The Labute approximate surface area is 188 Å².